The molecule has 0 rings (SSSR count). The van der Waals surface area contributed by atoms with Crippen molar-refractivity contribution in [1.82, 2.24) is 0 Å². The van der Waals surface area contributed by atoms with E-state index in [4.69, 9.17) is 10.2 Å². The number of carboxylic acid groups (broad SMARTS) is 1. The Bertz CT molecular complexity index is 1080. The molecule has 0 saturated carbocycles. The Morgan fingerprint density at radius 3 is 1.33 bits per heavy atom. The summed E-state index contributed by atoms with van der Waals surface area (Å²) in [6.45, 7) is 1.16. The fourth-order valence-electron chi connectivity index (χ4n) is 1.39. The Hall–Kier alpha value is -3.54. The number of esters is 1. The molecular formula is C19H16F18O11. The topological polar surface area (TPSA) is 139 Å². The third kappa shape index (κ3) is 20.0. The van der Waals surface area contributed by atoms with Crippen molar-refractivity contribution in [3.63, 3.8) is 0 Å². The zero-order valence-electron chi connectivity index (χ0n) is 22.4. The summed E-state index contributed by atoms with van der Waals surface area (Å²) >= 11 is 0. The van der Waals surface area contributed by atoms with Gasteiger partial charge in [-0.15, -0.1) is 17.6 Å². The van der Waals surface area contributed by atoms with Gasteiger partial charge in [0.25, 0.3) is 0 Å². The molecule has 0 aliphatic rings. The minimum atomic E-state index is -6.39. The fourth-order valence-corrected chi connectivity index (χ4v) is 1.39. The largest absolute Gasteiger partial charge is 0.495 e. The maximum Gasteiger partial charge on any atom is 0.495 e. The van der Waals surface area contributed by atoms with Crippen molar-refractivity contribution in [2.75, 3.05) is 20.3 Å². The third-order valence-corrected chi connectivity index (χ3v) is 3.17. The molecule has 11 nitrogen and oxygen atoms in total. The zero-order valence-corrected chi connectivity index (χ0v) is 22.4. The van der Waals surface area contributed by atoms with Gasteiger partial charge in [0.2, 0.25) is 0 Å². The molecule has 0 aliphatic carbocycles. The first-order valence-electron chi connectivity index (χ1n) is 10.4. The number of aliphatic hydroxyl groups excluding tert-OH is 1. The summed E-state index contributed by atoms with van der Waals surface area (Å²) in [7, 11) is 0.0403. The Kier molecular flexibility index (Phi) is 18.6. The molecule has 29 heteroatoms. The van der Waals surface area contributed by atoms with Crippen molar-refractivity contribution in [1.29, 1.82) is 0 Å². The van der Waals surface area contributed by atoms with E-state index in [1.165, 1.54) is 0 Å². The first-order valence-corrected chi connectivity index (χ1v) is 10.4. The average molecular weight is 762 g/mol. The number of hydrogen-bond donors (Lipinski definition) is 2. The van der Waals surface area contributed by atoms with E-state index >= 15 is 0 Å². The highest BCUT2D eigenvalue weighted by molar-refractivity contribution is 5.81. The molecule has 0 radical (unpaired) electrons. The van der Waals surface area contributed by atoms with Gasteiger partial charge < -0.3 is 24.4 Å². The molecule has 0 fully saturated rings. The fraction of sp³-hybridized carbons (Fsp3) is 0.579. The molecule has 0 heterocycles. The van der Waals surface area contributed by atoms with Crippen LogP contribution >= 0.6 is 0 Å². The van der Waals surface area contributed by atoms with Gasteiger partial charge in [-0.1, -0.05) is 13.2 Å². The lowest BCUT2D eigenvalue weighted by Crippen LogP contribution is -2.50. The predicted octanol–water partition coefficient (Wildman–Crippen LogP) is 6.08. The summed E-state index contributed by atoms with van der Waals surface area (Å²) in [5.41, 5.74) is 0. The lowest BCUT2D eigenvalue weighted by Gasteiger charge is -2.29. The molecule has 48 heavy (non-hydrogen) atoms. The number of hydrogen-bond acceptors (Lipinski definition) is 10. The van der Waals surface area contributed by atoms with E-state index in [2.05, 4.69) is 46.3 Å². The Morgan fingerprint density at radius 1 is 0.646 bits per heavy atom. The summed E-state index contributed by atoms with van der Waals surface area (Å²) in [5.74, 6) is -2.53. The van der Waals surface area contributed by atoms with E-state index in [0.717, 1.165) is 6.08 Å². The summed E-state index contributed by atoms with van der Waals surface area (Å²) in [5, 5.41) is 15.4. The summed E-state index contributed by atoms with van der Waals surface area (Å²) < 4.78 is 242. The highest BCUT2D eigenvalue weighted by Gasteiger charge is 2.67. The van der Waals surface area contributed by atoms with Crippen LogP contribution in [0.5, 0.6) is 0 Å². The maximum absolute atomic E-state index is 12.9. The van der Waals surface area contributed by atoms with E-state index in [1.54, 1.807) is 0 Å². The van der Waals surface area contributed by atoms with Crippen molar-refractivity contribution in [2.24, 2.45) is 0 Å². The van der Waals surface area contributed by atoms with Crippen LogP contribution in [0.15, 0.2) is 37.7 Å². The Balaban J connectivity index is -0.000000766. The number of alkyl halides is 16. The number of carboxylic acids is 1. The van der Waals surface area contributed by atoms with Crippen molar-refractivity contribution in [2.45, 2.75) is 49.2 Å². The summed E-state index contributed by atoms with van der Waals surface area (Å²) in [4.78, 5) is 19.7. The number of methoxy groups -OCH3 is 1. The van der Waals surface area contributed by atoms with Crippen LogP contribution in [0.2, 0.25) is 0 Å². The zero-order chi connectivity index (χ0) is 39.2. The SMILES string of the molecule is C=CC(=O)O.C=CC(=O)OCC(F)(F)OC(F)(F)OC(F)(F)C(F)(F)OC=C(F)F.COC(F)(F)C(F)(F)OC(F)(F)OC(F)(F)CO. The van der Waals surface area contributed by atoms with Gasteiger partial charge in [0.15, 0.2) is 12.9 Å². The number of rotatable bonds is 18. The Morgan fingerprint density at radius 2 is 1.02 bits per heavy atom. The van der Waals surface area contributed by atoms with Crippen molar-refractivity contribution < 1.29 is 132 Å². The lowest BCUT2D eigenvalue weighted by molar-refractivity contribution is -0.552. The monoisotopic (exact) mass is 762 g/mol. The van der Waals surface area contributed by atoms with Crippen LogP contribution in [0, 0.1) is 0 Å². The Labute approximate surface area is 252 Å². The second kappa shape index (κ2) is 18.3. The summed E-state index contributed by atoms with van der Waals surface area (Å²) in [6.07, 6.45) is -49.1. The second-order valence-corrected chi connectivity index (χ2v) is 6.92. The smallest absolute Gasteiger partial charge is 0.478 e. The molecule has 284 valence electrons. The number of halogens is 18. The highest BCUT2D eigenvalue weighted by Crippen LogP contribution is 2.43. The van der Waals surface area contributed by atoms with Gasteiger partial charge in [-0.2, -0.15) is 61.5 Å². The van der Waals surface area contributed by atoms with Gasteiger partial charge in [-0.25, -0.2) is 28.5 Å². The van der Waals surface area contributed by atoms with Crippen LogP contribution in [-0.4, -0.2) is 91.7 Å². The summed E-state index contributed by atoms with van der Waals surface area (Å²) in [6, 6.07) is 0. The van der Waals surface area contributed by atoms with Crippen molar-refractivity contribution in [3.05, 3.63) is 37.7 Å². The first-order chi connectivity index (χ1) is 21.1. The lowest BCUT2D eigenvalue weighted by atomic mass is 10.5. The van der Waals surface area contributed by atoms with Crippen molar-refractivity contribution >= 4 is 11.9 Å². The van der Waals surface area contributed by atoms with Gasteiger partial charge >= 0.3 is 67.3 Å². The maximum atomic E-state index is 12.9. The number of aliphatic hydroxyl groups is 1. The van der Waals surface area contributed by atoms with Gasteiger partial charge in [0.05, 0.1) is 0 Å². The molecule has 0 unspecified atom stereocenters. The molecule has 0 aromatic heterocycles. The van der Waals surface area contributed by atoms with E-state index in [-0.39, 0.29) is 7.11 Å². The molecule has 0 saturated heterocycles. The van der Waals surface area contributed by atoms with E-state index < -0.39 is 86.7 Å². The van der Waals surface area contributed by atoms with Crippen LogP contribution in [0.4, 0.5) is 79.0 Å². The van der Waals surface area contributed by atoms with Crippen LogP contribution in [-0.2, 0) is 42.7 Å². The van der Waals surface area contributed by atoms with Crippen molar-refractivity contribution in [3.8, 4) is 0 Å². The highest BCUT2D eigenvalue weighted by atomic mass is 19.4. The minimum Gasteiger partial charge on any atom is -0.478 e. The van der Waals surface area contributed by atoms with E-state index in [9.17, 15) is 88.6 Å². The molecule has 0 atom stereocenters. The molecule has 0 aliphatic heterocycles. The number of aliphatic carboxylic acids is 1. The van der Waals surface area contributed by atoms with Crippen LogP contribution in [0.25, 0.3) is 0 Å². The van der Waals surface area contributed by atoms with Gasteiger partial charge in [0.1, 0.15) is 6.61 Å². The third-order valence-electron chi connectivity index (χ3n) is 3.17. The van der Waals surface area contributed by atoms with Gasteiger partial charge in [0, 0.05) is 19.3 Å². The number of carbonyl (C=O) groups is 2. The number of carbonyl (C=O) groups excluding carboxylic acids is 1. The molecule has 2 N–H and O–H groups in total. The van der Waals surface area contributed by atoms with Crippen LogP contribution in [0.3, 0.4) is 0 Å². The van der Waals surface area contributed by atoms with E-state index in [0.29, 0.717) is 6.08 Å². The quantitative estimate of drug-likeness (QED) is 0.0553. The molecule has 0 aromatic carbocycles. The van der Waals surface area contributed by atoms with Crippen LogP contribution in [0.1, 0.15) is 0 Å². The molecule has 0 bridgehead atoms. The molecule has 0 amide bonds. The van der Waals surface area contributed by atoms with Gasteiger partial charge in [-0.3, -0.25) is 0 Å². The molecule has 0 aromatic rings. The predicted molar refractivity (Wildman–Crippen MR) is 108 cm³/mol. The average Bonchev–Trinajstić information content (AvgIpc) is 2.88. The first kappa shape index (κ1) is 48.9. The van der Waals surface area contributed by atoms with Crippen LogP contribution < -0.4 is 0 Å². The standard InChI is InChI=1S/C10H6F10O5.C6H6F8O4.C3H4O2/c1-2-6(21)22-4-7(13,14)24-10(19,20)25-9(17,18)8(15,16)23-3-5(11)12;1-16-4(9,10)5(11,12)18-6(13,14)17-3(7,8)2-15;1-2-3(4)5/h2-3H,1,4H2;15H,2H2,1H3;2H,1H2,(H,4,5). The van der Waals surface area contributed by atoms with E-state index in [1.807, 2.05) is 0 Å². The molecular weight excluding hydrogens is 746 g/mol. The minimum absolute atomic E-state index is 0.0403. The number of ether oxygens (including phenoxy) is 7. The van der Waals surface area contributed by atoms with Gasteiger partial charge in [-0.05, 0) is 0 Å². The second-order valence-electron chi connectivity index (χ2n) is 6.92. The normalized spacial score (nSPS) is 13.2. The molecule has 0 spiro atoms.